The van der Waals surface area contributed by atoms with Crippen LogP contribution in [0.5, 0.6) is 0 Å². The standard InChI is InChI=1S/C19H31N3O4/c1-13-9-15(18(24)25)12-22(11-13)19(26)20-16-6-5-14(10-16)17(23)21-7-3-2-4-8-21/h13-16H,2-12H2,1H3,(H,20,26)(H,24,25)/t13?,14-,15?,16+/m1/s1. The quantitative estimate of drug-likeness (QED) is 0.799. The van der Waals surface area contributed by atoms with Gasteiger partial charge in [0.05, 0.1) is 5.92 Å². The Hall–Kier alpha value is -1.79. The normalized spacial score (nSPS) is 32.3. The zero-order chi connectivity index (χ0) is 18.7. The van der Waals surface area contributed by atoms with Gasteiger partial charge in [-0.1, -0.05) is 6.92 Å². The summed E-state index contributed by atoms with van der Waals surface area (Å²) >= 11 is 0. The van der Waals surface area contributed by atoms with Crippen LogP contribution >= 0.6 is 0 Å². The molecule has 2 unspecified atom stereocenters. The van der Waals surface area contributed by atoms with Crippen LogP contribution in [0.2, 0.25) is 0 Å². The van der Waals surface area contributed by atoms with Gasteiger partial charge < -0.3 is 20.2 Å². The Balaban J connectivity index is 1.49. The highest BCUT2D eigenvalue weighted by Crippen LogP contribution is 2.29. The largest absolute Gasteiger partial charge is 0.481 e. The van der Waals surface area contributed by atoms with Gasteiger partial charge in [-0.2, -0.15) is 0 Å². The minimum atomic E-state index is -0.831. The highest BCUT2D eigenvalue weighted by molar-refractivity contribution is 5.80. The highest BCUT2D eigenvalue weighted by Gasteiger charge is 2.36. The number of urea groups is 1. The Morgan fingerprint density at radius 3 is 2.35 bits per heavy atom. The van der Waals surface area contributed by atoms with E-state index < -0.39 is 11.9 Å². The van der Waals surface area contributed by atoms with Gasteiger partial charge in [0.15, 0.2) is 0 Å². The predicted molar refractivity (Wildman–Crippen MR) is 96.6 cm³/mol. The first-order valence-electron chi connectivity index (χ1n) is 10.0. The molecule has 26 heavy (non-hydrogen) atoms. The lowest BCUT2D eigenvalue weighted by Gasteiger charge is -2.35. The molecule has 7 nitrogen and oxygen atoms in total. The fourth-order valence-corrected chi connectivity index (χ4v) is 4.67. The molecule has 2 heterocycles. The molecule has 4 atom stereocenters. The van der Waals surface area contributed by atoms with Gasteiger partial charge in [-0.05, 0) is 50.9 Å². The van der Waals surface area contributed by atoms with E-state index in [0.717, 1.165) is 38.8 Å². The lowest BCUT2D eigenvalue weighted by molar-refractivity contribution is -0.143. The fourth-order valence-electron chi connectivity index (χ4n) is 4.67. The van der Waals surface area contributed by atoms with Crippen molar-refractivity contribution in [1.29, 1.82) is 0 Å². The van der Waals surface area contributed by atoms with Crippen LogP contribution in [-0.2, 0) is 9.59 Å². The minimum absolute atomic E-state index is 0.0155. The van der Waals surface area contributed by atoms with Gasteiger partial charge >= 0.3 is 12.0 Å². The van der Waals surface area contributed by atoms with Gasteiger partial charge in [0.25, 0.3) is 0 Å². The topological polar surface area (TPSA) is 90.0 Å². The average molecular weight is 365 g/mol. The Bertz CT molecular complexity index is 547. The molecule has 0 radical (unpaired) electrons. The first-order chi connectivity index (χ1) is 12.4. The summed E-state index contributed by atoms with van der Waals surface area (Å²) in [6.45, 7) is 4.59. The maximum atomic E-state index is 12.6. The number of carboxylic acid groups (broad SMARTS) is 1. The highest BCUT2D eigenvalue weighted by atomic mass is 16.4. The molecule has 0 aromatic rings. The molecular formula is C19H31N3O4. The summed E-state index contributed by atoms with van der Waals surface area (Å²) in [5, 5.41) is 12.3. The van der Waals surface area contributed by atoms with E-state index in [-0.39, 0.29) is 36.4 Å². The van der Waals surface area contributed by atoms with Gasteiger partial charge in [0, 0.05) is 38.1 Å². The first kappa shape index (κ1) is 19.0. The smallest absolute Gasteiger partial charge is 0.317 e. The average Bonchev–Trinajstić information content (AvgIpc) is 3.09. The van der Waals surface area contributed by atoms with Crippen LogP contribution in [0.1, 0.15) is 51.9 Å². The number of likely N-dealkylation sites (tertiary alicyclic amines) is 2. The summed E-state index contributed by atoms with van der Waals surface area (Å²) in [6.07, 6.45) is 6.36. The maximum Gasteiger partial charge on any atom is 0.317 e. The summed E-state index contributed by atoms with van der Waals surface area (Å²) in [5.41, 5.74) is 0. The molecule has 7 heteroatoms. The Labute approximate surface area is 155 Å². The van der Waals surface area contributed by atoms with Crippen molar-refractivity contribution in [1.82, 2.24) is 15.1 Å². The van der Waals surface area contributed by atoms with E-state index in [0.29, 0.717) is 19.4 Å². The lowest BCUT2D eigenvalue weighted by atomic mass is 9.91. The van der Waals surface area contributed by atoms with Gasteiger partial charge in [-0.15, -0.1) is 0 Å². The van der Waals surface area contributed by atoms with Crippen molar-refractivity contribution in [3.05, 3.63) is 0 Å². The van der Waals surface area contributed by atoms with Crippen LogP contribution in [0, 0.1) is 17.8 Å². The third-order valence-electron chi connectivity index (χ3n) is 6.07. The molecule has 3 fully saturated rings. The van der Waals surface area contributed by atoms with E-state index in [1.54, 1.807) is 4.90 Å². The minimum Gasteiger partial charge on any atom is -0.481 e. The number of aliphatic carboxylic acids is 1. The number of amides is 3. The summed E-state index contributed by atoms with van der Waals surface area (Å²) in [5.74, 6) is -0.860. The molecule has 3 aliphatic rings. The molecule has 146 valence electrons. The van der Waals surface area contributed by atoms with E-state index >= 15 is 0 Å². The van der Waals surface area contributed by atoms with Gasteiger partial charge in [-0.3, -0.25) is 9.59 Å². The number of hydrogen-bond donors (Lipinski definition) is 2. The molecule has 0 spiro atoms. The number of carbonyl (C=O) groups excluding carboxylic acids is 2. The molecular weight excluding hydrogens is 334 g/mol. The first-order valence-corrected chi connectivity index (χ1v) is 10.0. The second-order valence-corrected chi connectivity index (χ2v) is 8.32. The van der Waals surface area contributed by atoms with Crippen LogP contribution < -0.4 is 5.32 Å². The van der Waals surface area contributed by atoms with E-state index in [2.05, 4.69) is 5.32 Å². The number of nitrogens with one attached hydrogen (secondary N) is 1. The number of carbonyl (C=O) groups is 3. The van der Waals surface area contributed by atoms with Crippen molar-refractivity contribution in [3.63, 3.8) is 0 Å². The molecule has 3 amide bonds. The summed E-state index contributed by atoms with van der Waals surface area (Å²) in [6, 6.07) is -0.166. The molecule has 1 saturated carbocycles. The van der Waals surface area contributed by atoms with E-state index in [1.165, 1.54) is 6.42 Å². The zero-order valence-corrected chi connectivity index (χ0v) is 15.7. The zero-order valence-electron chi connectivity index (χ0n) is 15.7. The van der Waals surface area contributed by atoms with Crippen LogP contribution in [0.15, 0.2) is 0 Å². The molecule has 2 aliphatic heterocycles. The van der Waals surface area contributed by atoms with Gasteiger partial charge in [0.2, 0.25) is 5.91 Å². The Kier molecular flexibility index (Phi) is 6.04. The molecule has 2 N–H and O–H groups in total. The predicted octanol–water partition coefficient (Wildman–Crippen LogP) is 1.92. The molecule has 3 rings (SSSR count). The second kappa shape index (κ2) is 8.27. The lowest BCUT2D eigenvalue weighted by Crippen LogP contribution is -2.51. The third kappa shape index (κ3) is 4.48. The Morgan fingerprint density at radius 2 is 1.65 bits per heavy atom. The monoisotopic (exact) mass is 365 g/mol. The number of carboxylic acids is 1. The van der Waals surface area contributed by atoms with Crippen molar-refractivity contribution < 1.29 is 19.5 Å². The maximum absolute atomic E-state index is 12.6. The summed E-state index contributed by atoms with van der Waals surface area (Å²) < 4.78 is 0. The van der Waals surface area contributed by atoms with E-state index in [9.17, 15) is 19.5 Å². The molecule has 1 aliphatic carbocycles. The molecule has 0 bridgehead atoms. The van der Waals surface area contributed by atoms with Crippen LogP contribution in [0.4, 0.5) is 4.79 Å². The summed E-state index contributed by atoms with van der Waals surface area (Å²) in [4.78, 5) is 40.1. The van der Waals surface area contributed by atoms with Crippen molar-refractivity contribution in [2.45, 2.75) is 57.9 Å². The van der Waals surface area contributed by atoms with Crippen LogP contribution in [0.25, 0.3) is 0 Å². The number of hydrogen-bond acceptors (Lipinski definition) is 3. The van der Waals surface area contributed by atoms with Gasteiger partial charge in [0.1, 0.15) is 0 Å². The molecule has 0 aromatic heterocycles. The number of piperidine rings is 2. The van der Waals surface area contributed by atoms with Crippen LogP contribution in [-0.4, -0.2) is 65.0 Å². The summed E-state index contributed by atoms with van der Waals surface area (Å²) in [7, 11) is 0. The third-order valence-corrected chi connectivity index (χ3v) is 6.07. The van der Waals surface area contributed by atoms with Crippen molar-refractivity contribution in [2.24, 2.45) is 17.8 Å². The SMILES string of the molecule is CC1CC(C(=O)O)CN(C(=O)N[C@H]2CC[C@@H](C(=O)N3CCCCC3)C2)C1. The fraction of sp³-hybridized carbons (Fsp3) is 0.842. The second-order valence-electron chi connectivity index (χ2n) is 8.32. The number of nitrogens with zero attached hydrogens (tertiary/aromatic N) is 2. The van der Waals surface area contributed by atoms with E-state index in [4.69, 9.17) is 0 Å². The van der Waals surface area contributed by atoms with Crippen LogP contribution in [0.3, 0.4) is 0 Å². The van der Waals surface area contributed by atoms with Gasteiger partial charge in [-0.25, -0.2) is 4.79 Å². The Morgan fingerprint density at radius 1 is 0.923 bits per heavy atom. The molecule has 2 saturated heterocycles. The van der Waals surface area contributed by atoms with Crippen molar-refractivity contribution in [3.8, 4) is 0 Å². The van der Waals surface area contributed by atoms with Crippen molar-refractivity contribution >= 4 is 17.9 Å². The number of rotatable bonds is 3. The molecule has 0 aromatic carbocycles. The van der Waals surface area contributed by atoms with Crippen molar-refractivity contribution in [2.75, 3.05) is 26.2 Å². The van der Waals surface area contributed by atoms with E-state index in [1.807, 2.05) is 11.8 Å².